The van der Waals surface area contributed by atoms with E-state index in [1.807, 2.05) is 30.3 Å². The van der Waals surface area contributed by atoms with Crippen LogP contribution in [0.5, 0.6) is 10.9 Å². The van der Waals surface area contributed by atoms with E-state index in [-0.39, 0.29) is 23.9 Å². The molecule has 5 rings (SSSR count). The van der Waals surface area contributed by atoms with E-state index in [0.29, 0.717) is 11.1 Å². The smallest absolute Gasteiger partial charge is 0.279 e. The molecular formula is C25H30N4O2S. The summed E-state index contributed by atoms with van der Waals surface area (Å²) >= 11 is 1.55. The summed E-state index contributed by atoms with van der Waals surface area (Å²) in [6.07, 6.45) is 4.84. The number of para-hydroxylation sites is 1. The predicted octanol–water partition coefficient (Wildman–Crippen LogP) is 3.85. The van der Waals surface area contributed by atoms with Gasteiger partial charge in [-0.05, 0) is 80.9 Å². The van der Waals surface area contributed by atoms with Crippen molar-refractivity contribution in [3.05, 3.63) is 54.1 Å². The van der Waals surface area contributed by atoms with E-state index in [0.717, 1.165) is 61.2 Å². The van der Waals surface area contributed by atoms with Crippen LogP contribution in [0.1, 0.15) is 31.2 Å². The molecule has 7 heteroatoms. The number of hydrogen-bond acceptors (Lipinski definition) is 6. The van der Waals surface area contributed by atoms with Gasteiger partial charge in [0.25, 0.3) is 5.19 Å². The van der Waals surface area contributed by atoms with E-state index in [1.54, 1.807) is 11.3 Å². The quantitative estimate of drug-likeness (QED) is 0.509. The average Bonchev–Trinajstić information content (AvgIpc) is 3.21. The Morgan fingerprint density at radius 1 is 1.12 bits per heavy atom. The second-order valence-corrected chi connectivity index (χ2v) is 9.94. The SMILES string of the molecule is NC1CCC1C(=O)NC(Cc1ccc(Oc2nc3ccccc3s2)cc1)C1CCNCC1. The predicted molar refractivity (Wildman–Crippen MR) is 128 cm³/mol. The van der Waals surface area contributed by atoms with Crippen LogP contribution in [-0.2, 0) is 11.2 Å². The van der Waals surface area contributed by atoms with Crippen LogP contribution < -0.4 is 21.1 Å². The number of thiazole rings is 1. The maximum atomic E-state index is 12.8. The van der Waals surface area contributed by atoms with Crippen molar-refractivity contribution in [3.8, 4) is 10.9 Å². The molecule has 4 N–H and O–H groups in total. The second kappa shape index (κ2) is 9.57. The van der Waals surface area contributed by atoms with Crippen molar-refractivity contribution in [2.75, 3.05) is 13.1 Å². The lowest BCUT2D eigenvalue weighted by molar-refractivity contribution is -0.129. The molecule has 2 aliphatic rings. The largest absolute Gasteiger partial charge is 0.431 e. The summed E-state index contributed by atoms with van der Waals surface area (Å²) in [5.41, 5.74) is 8.20. The number of fused-ring (bicyclic) bond motifs is 1. The van der Waals surface area contributed by atoms with Gasteiger partial charge >= 0.3 is 0 Å². The molecule has 0 bridgehead atoms. The Morgan fingerprint density at radius 2 is 1.91 bits per heavy atom. The fourth-order valence-electron chi connectivity index (χ4n) is 4.67. The lowest BCUT2D eigenvalue weighted by Gasteiger charge is -2.36. The van der Waals surface area contributed by atoms with Crippen molar-refractivity contribution in [1.82, 2.24) is 15.6 Å². The monoisotopic (exact) mass is 450 g/mol. The summed E-state index contributed by atoms with van der Waals surface area (Å²) in [7, 11) is 0. The van der Waals surface area contributed by atoms with E-state index in [2.05, 4.69) is 33.8 Å². The van der Waals surface area contributed by atoms with E-state index >= 15 is 0 Å². The minimum atomic E-state index is -0.0243. The van der Waals surface area contributed by atoms with E-state index in [9.17, 15) is 4.79 Å². The Bertz CT molecular complexity index is 1030. The number of hydrogen-bond donors (Lipinski definition) is 3. The first-order valence-corrected chi connectivity index (χ1v) is 12.4. The number of nitrogens with two attached hydrogens (primary N) is 1. The Kier molecular flexibility index (Phi) is 6.39. The topological polar surface area (TPSA) is 89.3 Å². The summed E-state index contributed by atoms with van der Waals surface area (Å²) in [5, 5.41) is 7.42. The normalized spacial score (nSPS) is 22.3. The molecule has 2 aromatic carbocycles. The Hall–Kier alpha value is -2.48. The average molecular weight is 451 g/mol. The molecule has 32 heavy (non-hydrogen) atoms. The number of benzene rings is 2. The van der Waals surface area contributed by atoms with Crippen molar-refractivity contribution in [1.29, 1.82) is 0 Å². The van der Waals surface area contributed by atoms with Gasteiger partial charge in [-0.3, -0.25) is 4.79 Å². The lowest BCUT2D eigenvalue weighted by atomic mass is 9.78. The fourth-order valence-corrected chi connectivity index (χ4v) is 5.50. The number of amides is 1. The number of carbonyl (C=O) groups is 1. The molecule has 2 heterocycles. The van der Waals surface area contributed by atoms with E-state index < -0.39 is 0 Å². The maximum Gasteiger partial charge on any atom is 0.279 e. The Labute approximate surface area is 192 Å². The molecule has 0 spiro atoms. The molecule has 1 amide bonds. The van der Waals surface area contributed by atoms with Gasteiger partial charge in [-0.1, -0.05) is 35.6 Å². The fraction of sp³-hybridized carbons (Fsp3) is 0.440. The molecule has 3 aromatic rings. The third-order valence-electron chi connectivity index (χ3n) is 6.80. The van der Waals surface area contributed by atoms with Crippen LogP contribution in [0, 0.1) is 11.8 Å². The Morgan fingerprint density at radius 3 is 2.59 bits per heavy atom. The number of piperidine rings is 1. The zero-order chi connectivity index (χ0) is 21.9. The highest BCUT2D eigenvalue weighted by atomic mass is 32.1. The van der Waals surface area contributed by atoms with Gasteiger partial charge in [0.05, 0.1) is 16.1 Å². The van der Waals surface area contributed by atoms with Crippen LogP contribution in [0.4, 0.5) is 0 Å². The first-order valence-electron chi connectivity index (χ1n) is 11.5. The summed E-state index contributed by atoms with van der Waals surface area (Å²) < 4.78 is 7.10. The third-order valence-corrected chi connectivity index (χ3v) is 7.72. The standard InChI is InChI=1S/C25H30N4O2S/c26-20-10-9-19(20)24(30)28-22(17-11-13-27-14-12-17)15-16-5-7-18(8-6-16)31-25-29-21-3-1-2-4-23(21)32-25/h1-8,17,19-20,22,27H,9-15,26H2,(H,28,30). The van der Waals surface area contributed by atoms with Crippen LogP contribution in [0.2, 0.25) is 0 Å². The first kappa shape index (κ1) is 21.4. The number of nitrogens with zero attached hydrogens (tertiary/aromatic N) is 1. The van der Waals surface area contributed by atoms with Crippen LogP contribution >= 0.6 is 11.3 Å². The highest BCUT2D eigenvalue weighted by Gasteiger charge is 2.36. The van der Waals surface area contributed by atoms with Crippen LogP contribution in [-0.4, -0.2) is 36.1 Å². The molecule has 2 fully saturated rings. The summed E-state index contributed by atoms with van der Waals surface area (Å²) in [6, 6.07) is 16.4. The molecule has 3 atom stereocenters. The minimum Gasteiger partial charge on any atom is -0.431 e. The van der Waals surface area contributed by atoms with Gasteiger partial charge < -0.3 is 21.1 Å². The molecule has 1 aromatic heterocycles. The summed E-state index contributed by atoms with van der Waals surface area (Å²) in [5.74, 6) is 1.36. The molecule has 6 nitrogen and oxygen atoms in total. The summed E-state index contributed by atoms with van der Waals surface area (Å²) in [6.45, 7) is 2.02. The third kappa shape index (κ3) is 4.80. The van der Waals surface area contributed by atoms with Crippen LogP contribution in [0.15, 0.2) is 48.5 Å². The van der Waals surface area contributed by atoms with Crippen molar-refractivity contribution >= 4 is 27.5 Å². The zero-order valence-corrected chi connectivity index (χ0v) is 18.9. The zero-order valence-electron chi connectivity index (χ0n) is 18.1. The van der Waals surface area contributed by atoms with Crippen molar-refractivity contribution in [2.24, 2.45) is 17.6 Å². The molecular weight excluding hydrogens is 420 g/mol. The molecule has 3 unspecified atom stereocenters. The maximum absolute atomic E-state index is 12.8. The number of ether oxygens (including phenoxy) is 1. The summed E-state index contributed by atoms with van der Waals surface area (Å²) in [4.78, 5) is 17.3. The van der Waals surface area contributed by atoms with Gasteiger partial charge in [0.15, 0.2) is 0 Å². The van der Waals surface area contributed by atoms with Gasteiger partial charge in [-0.2, -0.15) is 0 Å². The molecule has 0 radical (unpaired) electrons. The molecule has 1 aliphatic heterocycles. The highest BCUT2D eigenvalue weighted by molar-refractivity contribution is 7.20. The van der Waals surface area contributed by atoms with Gasteiger partial charge in [-0.25, -0.2) is 4.98 Å². The highest BCUT2D eigenvalue weighted by Crippen LogP contribution is 2.32. The molecule has 1 aliphatic carbocycles. The van der Waals surface area contributed by atoms with Gasteiger partial charge in [-0.15, -0.1) is 0 Å². The molecule has 1 saturated heterocycles. The van der Waals surface area contributed by atoms with Gasteiger partial charge in [0.2, 0.25) is 5.91 Å². The van der Waals surface area contributed by atoms with Crippen molar-refractivity contribution in [3.63, 3.8) is 0 Å². The Balaban J connectivity index is 1.25. The number of carbonyl (C=O) groups excluding carboxylic acids is 1. The van der Waals surface area contributed by atoms with Crippen molar-refractivity contribution in [2.45, 2.75) is 44.2 Å². The first-order chi connectivity index (χ1) is 15.7. The van der Waals surface area contributed by atoms with E-state index in [4.69, 9.17) is 10.5 Å². The van der Waals surface area contributed by atoms with Gasteiger partial charge in [0, 0.05) is 12.1 Å². The van der Waals surface area contributed by atoms with Crippen LogP contribution in [0.3, 0.4) is 0 Å². The number of aromatic nitrogens is 1. The van der Waals surface area contributed by atoms with E-state index in [1.165, 1.54) is 5.56 Å². The lowest BCUT2D eigenvalue weighted by Crippen LogP contribution is -2.53. The molecule has 168 valence electrons. The number of rotatable bonds is 7. The molecule has 1 saturated carbocycles. The van der Waals surface area contributed by atoms with Gasteiger partial charge in [0.1, 0.15) is 5.75 Å². The number of nitrogens with one attached hydrogen (secondary N) is 2. The van der Waals surface area contributed by atoms with Crippen LogP contribution in [0.25, 0.3) is 10.2 Å². The van der Waals surface area contributed by atoms with Crippen molar-refractivity contribution < 1.29 is 9.53 Å². The minimum absolute atomic E-state index is 0.0163. The second-order valence-electron chi connectivity index (χ2n) is 8.95.